The fraction of sp³-hybridized carbons (Fsp3) is 0.417. The molecule has 110 valence electrons. The zero-order valence-corrected chi connectivity index (χ0v) is 11.9. The highest BCUT2D eigenvalue weighted by Crippen LogP contribution is 2.36. The molecule has 1 aromatic rings. The second-order valence-corrected chi connectivity index (χ2v) is 5.88. The monoisotopic (exact) mass is 324 g/mol. The molecule has 2 rings (SSSR count). The maximum atomic E-state index is 12.9. The minimum Gasteiger partial charge on any atom is -0.323 e. The summed E-state index contributed by atoms with van der Waals surface area (Å²) in [6.45, 7) is 1.07. The number of urea groups is 1. The van der Waals surface area contributed by atoms with Crippen molar-refractivity contribution in [1.82, 2.24) is 4.90 Å². The number of carbonyl (C=O) groups is 1. The third kappa shape index (κ3) is 3.73. The number of thioether (sulfide) groups is 1. The van der Waals surface area contributed by atoms with E-state index in [1.807, 2.05) is 0 Å². The van der Waals surface area contributed by atoms with E-state index in [2.05, 4.69) is 5.32 Å². The van der Waals surface area contributed by atoms with Crippen LogP contribution in [0.15, 0.2) is 18.2 Å². The summed E-state index contributed by atoms with van der Waals surface area (Å²) in [5.74, 6) is 1.58. The van der Waals surface area contributed by atoms with Crippen molar-refractivity contribution >= 4 is 35.1 Å². The van der Waals surface area contributed by atoms with Crippen molar-refractivity contribution in [3.63, 3.8) is 0 Å². The molecule has 1 aliphatic heterocycles. The number of alkyl halides is 3. The van der Waals surface area contributed by atoms with Gasteiger partial charge in [0.25, 0.3) is 0 Å². The quantitative estimate of drug-likeness (QED) is 0.848. The third-order valence-electron chi connectivity index (χ3n) is 2.83. The number of anilines is 1. The molecule has 1 aliphatic rings. The van der Waals surface area contributed by atoms with Gasteiger partial charge in [-0.3, -0.25) is 0 Å². The van der Waals surface area contributed by atoms with Gasteiger partial charge in [0.1, 0.15) is 0 Å². The van der Waals surface area contributed by atoms with Gasteiger partial charge in [-0.15, -0.1) is 0 Å². The van der Waals surface area contributed by atoms with Crippen LogP contribution in [0.5, 0.6) is 0 Å². The molecule has 0 saturated carbocycles. The zero-order valence-electron chi connectivity index (χ0n) is 10.3. The van der Waals surface area contributed by atoms with Gasteiger partial charge in [0, 0.05) is 29.6 Å². The largest absolute Gasteiger partial charge is 0.418 e. The minimum absolute atomic E-state index is 0.0234. The lowest BCUT2D eigenvalue weighted by molar-refractivity contribution is -0.136. The lowest BCUT2D eigenvalue weighted by atomic mass is 10.1. The van der Waals surface area contributed by atoms with Gasteiger partial charge in [0.2, 0.25) is 0 Å². The maximum Gasteiger partial charge on any atom is 0.418 e. The van der Waals surface area contributed by atoms with Crippen molar-refractivity contribution in [1.29, 1.82) is 0 Å². The van der Waals surface area contributed by atoms with Gasteiger partial charge in [-0.1, -0.05) is 11.6 Å². The van der Waals surface area contributed by atoms with E-state index in [1.54, 1.807) is 11.8 Å². The molecule has 1 saturated heterocycles. The Morgan fingerprint density at radius 1 is 1.30 bits per heavy atom. The van der Waals surface area contributed by atoms with Gasteiger partial charge in [-0.05, 0) is 18.2 Å². The zero-order chi connectivity index (χ0) is 14.8. The molecule has 0 unspecified atom stereocenters. The first-order valence-corrected chi connectivity index (χ1v) is 7.41. The highest BCUT2D eigenvalue weighted by molar-refractivity contribution is 7.99. The van der Waals surface area contributed by atoms with E-state index < -0.39 is 17.8 Å². The van der Waals surface area contributed by atoms with Crippen molar-refractivity contribution in [3.8, 4) is 0 Å². The maximum absolute atomic E-state index is 12.9. The molecule has 0 aliphatic carbocycles. The van der Waals surface area contributed by atoms with Crippen LogP contribution >= 0.6 is 23.4 Å². The summed E-state index contributed by atoms with van der Waals surface area (Å²) in [6, 6.07) is 2.78. The summed E-state index contributed by atoms with van der Waals surface area (Å²) >= 11 is 7.29. The molecule has 20 heavy (non-hydrogen) atoms. The normalized spacial score (nSPS) is 16.1. The topological polar surface area (TPSA) is 32.3 Å². The Hall–Kier alpha value is -1.08. The van der Waals surface area contributed by atoms with E-state index in [0.717, 1.165) is 17.6 Å². The number of nitrogens with zero attached hydrogens (tertiary/aromatic N) is 1. The molecule has 1 N–H and O–H groups in total. The van der Waals surface area contributed by atoms with Crippen LogP contribution in [0.25, 0.3) is 0 Å². The lowest BCUT2D eigenvalue weighted by Crippen LogP contribution is -2.40. The van der Waals surface area contributed by atoms with Gasteiger partial charge in [0.05, 0.1) is 11.3 Å². The second-order valence-electron chi connectivity index (χ2n) is 4.22. The van der Waals surface area contributed by atoms with E-state index >= 15 is 0 Å². The molecule has 2 amide bonds. The standard InChI is InChI=1S/C12H12ClF3N2OS/c13-8-1-2-10(9(7-8)12(14,15)16)17-11(19)18-3-5-20-6-4-18/h1-2,7H,3-6H2,(H,17,19). The number of halogens is 4. The molecule has 0 radical (unpaired) electrons. The number of hydrogen-bond donors (Lipinski definition) is 1. The average Bonchev–Trinajstić information content (AvgIpc) is 2.40. The van der Waals surface area contributed by atoms with Crippen LogP contribution in [-0.4, -0.2) is 35.5 Å². The number of benzene rings is 1. The molecular weight excluding hydrogens is 313 g/mol. The third-order valence-corrected chi connectivity index (χ3v) is 4.00. The van der Waals surface area contributed by atoms with Crippen LogP contribution in [0.3, 0.4) is 0 Å². The van der Waals surface area contributed by atoms with Crippen LogP contribution in [-0.2, 0) is 6.18 Å². The number of hydrogen-bond acceptors (Lipinski definition) is 2. The molecular formula is C12H12ClF3N2OS. The van der Waals surface area contributed by atoms with E-state index in [4.69, 9.17) is 11.6 Å². The molecule has 3 nitrogen and oxygen atoms in total. The van der Waals surface area contributed by atoms with Crippen LogP contribution in [0, 0.1) is 0 Å². The molecule has 1 aromatic carbocycles. The second kappa shape index (κ2) is 6.13. The van der Waals surface area contributed by atoms with Gasteiger partial charge < -0.3 is 10.2 Å². The highest BCUT2D eigenvalue weighted by atomic mass is 35.5. The van der Waals surface area contributed by atoms with Crippen LogP contribution in [0.2, 0.25) is 5.02 Å². The van der Waals surface area contributed by atoms with Gasteiger partial charge >= 0.3 is 12.2 Å². The van der Waals surface area contributed by atoms with Crippen LogP contribution in [0.1, 0.15) is 5.56 Å². The summed E-state index contributed by atoms with van der Waals surface area (Å²) in [4.78, 5) is 13.4. The summed E-state index contributed by atoms with van der Waals surface area (Å²) in [6.07, 6.45) is -4.56. The van der Waals surface area contributed by atoms with E-state index in [1.165, 1.54) is 17.0 Å². The first kappa shape index (κ1) is 15.3. The fourth-order valence-corrected chi connectivity index (χ4v) is 2.90. The Kier molecular flexibility index (Phi) is 4.70. The summed E-state index contributed by atoms with van der Waals surface area (Å²) in [5.41, 5.74) is -1.21. The predicted octanol–water partition coefficient (Wildman–Crippen LogP) is 3.94. The van der Waals surface area contributed by atoms with Gasteiger partial charge in [0.15, 0.2) is 0 Å². The predicted molar refractivity (Wildman–Crippen MR) is 74.4 cm³/mol. The van der Waals surface area contributed by atoms with Crippen molar-refractivity contribution < 1.29 is 18.0 Å². The molecule has 8 heteroatoms. The molecule has 1 heterocycles. The Morgan fingerprint density at radius 2 is 1.95 bits per heavy atom. The SMILES string of the molecule is O=C(Nc1ccc(Cl)cc1C(F)(F)F)N1CCSCC1. The Balaban J connectivity index is 2.18. The van der Waals surface area contributed by atoms with E-state index in [9.17, 15) is 18.0 Å². The number of rotatable bonds is 1. The lowest BCUT2D eigenvalue weighted by Gasteiger charge is -2.27. The first-order valence-electron chi connectivity index (χ1n) is 5.88. The van der Waals surface area contributed by atoms with E-state index in [-0.39, 0.29) is 10.7 Å². The highest BCUT2D eigenvalue weighted by Gasteiger charge is 2.34. The molecule has 0 aromatic heterocycles. The number of amides is 2. The molecule has 0 spiro atoms. The van der Waals surface area contributed by atoms with Crippen molar-refractivity contribution in [2.24, 2.45) is 0 Å². The number of nitrogens with one attached hydrogen (secondary N) is 1. The smallest absolute Gasteiger partial charge is 0.323 e. The van der Waals surface area contributed by atoms with Gasteiger partial charge in [-0.2, -0.15) is 24.9 Å². The van der Waals surface area contributed by atoms with Crippen molar-refractivity contribution in [2.75, 3.05) is 29.9 Å². The average molecular weight is 325 g/mol. The first-order chi connectivity index (χ1) is 9.38. The van der Waals surface area contributed by atoms with E-state index in [0.29, 0.717) is 13.1 Å². The Morgan fingerprint density at radius 3 is 2.55 bits per heavy atom. The summed E-state index contributed by atoms with van der Waals surface area (Å²) in [7, 11) is 0. The summed E-state index contributed by atoms with van der Waals surface area (Å²) in [5, 5.41) is 2.29. The van der Waals surface area contributed by atoms with Crippen molar-refractivity contribution in [2.45, 2.75) is 6.18 Å². The Bertz CT molecular complexity index is 504. The molecule has 1 fully saturated rings. The number of carbonyl (C=O) groups excluding carboxylic acids is 1. The van der Waals surface area contributed by atoms with Crippen LogP contribution in [0.4, 0.5) is 23.7 Å². The van der Waals surface area contributed by atoms with Crippen molar-refractivity contribution in [3.05, 3.63) is 28.8 Å². The molecule has 0 atom stereocenters. The summed E-state index contributed by atoms with van der Waals surface area (Å²) < 4.78 is 38.7. The fourth-order valence-electron chi connectivity index (χ4n) is 1.82. The van der Waals surface area contributed by atoms with Crippen LogP contribution < -0.4 is 5.32 Å². The Labute approximate surface area is 123 Å². The molecule has 0 bridgehead atoms. The minimum atomic E-state index is -4.56. The van der Waals surface area contributed by atoms with Gasteiger partial charge in [-0.25, -0.2) is 4.79 Å².